The third-order valence-electron chi connectivity index (χ3n) is 4.91. The zero-order valence-corrected chi connectivity index (χ0v) is 12.0. The van der Waals surface area contributed by atoms with Crippen LogP contribution in [0.2, 0.25) is 0 Å². The molecular formula is C15H20N4O. The number of fused-ring (bicyclic) bond motifs is 3. The minimum Gasteiger partial charge on any atom is -0.455 e. The lowest BCUT2D eigenvalue weighted by Gasteiger charge is -2.32. The van der Waals surface area contributed by atoms with Gasteiger partial charge >= 0.3 is 0 Å². The topological polar surface area (TPSA) is 49.8 Å². The highest BCUT2D eigenvalue weighted by molar-refractivity contribution is 5.89. The van der Waals surface area contributed by atoms with E-state index in [9.17, 15) is 0 Å². The first-order valence-corrected chi connectivity index (χ1v) is 7.31. The van der Waals surface area contributed by atoms with Crippen molar-refractivity contribution in [1.29, 1.82) is 0 Å². The van der Waals surface area contributed by atoms with Crippen molar-refractivity contribution in [3.63, 3.8) is 0 Å². The second-order valence-electron chi connectivity index (χ2n) is 6.29. The number of pyridine rings is 1. The fourth-order valence-electron chi connectivity index (χ4n) is 3.54. The van der Waals surface area contributed by atoms with Crippen molar-refractivity contribution in [2.45, 2.75) is 25.9 Å². The van der Waals surface area contributed by atoms with Crippen molar-refractivity contribution in [3.05, 3.63) is 23.4 Å². The minimum atomic E-state index is -0.0691. The number of piperidine rings is 1. The number of ether oxygens (including phenoxy) is 1. The van der Waals surface area contributed by atoms with Gasteiger partial charge in [0, 0.05) is 25.2 Å². The Morgan fingerprint density at radius 1 is 1.40 bits per heavy atom. The van der Waals surface area contributed by atoms with Gasteiger partial charge in [0.05, 0.1) is 6.54 Å². The number of amidine groups is 1. The maximum absolute atomic E-state index is 6.18. The van der Waals surface area contributed by atoms with E-state index < -0.39 is 0 Å². The van der Waals surface area contributed by atoms with E-state index >= 15 is 0 Å². The number of anilines is 1. The summed E-state index contributed by atoms with van der Waals surface area (Å²) in [5.41, 5.74) is 2.35. The second kappa shape index (κ2) is 4.19. The van der Waals surface area contributed by atoms with Gasteiger partial charge < -0.3 is 4.74 Å². The van der Waals surface area contributed by atoms with Crippen LogP contribution in [0.1, 0.15) is 17.5 Å². The standard InChI is InChI=1S/C15H20N4O/c1-10-5-13(16-6-11(10)2)18-14-17-8-15(20-14)9-19-4-3-12(15)7-19/h5-6,12H,3-4,7-9H2,1-2H3,(H,16,17,18)/t12?,15-/m0/s1. The van der Waals surface area contributed by atoms with Gasteiger partial charge in [-0.05, 0) is 44.0 Å². The summed E-state index contributed by atoms with van der Waals surface area (Å²) in [6, 6.07) is 2.67. The Hall–Kier alpha value is -1.62. The number of nitrogens with zero attached hydrogens (tertiary/aromatic N) is 3. The van der Waals surface area contributed by atoms with Gasteiger partial charge in [0.15, 0.2) is 0 Å². The van der Waals surface area contributed by atoms with E-state index in [-0.39, 0.29) is 5.60 Å². The Morgan fingerprint density at radius 2 is 2.30 bits per heavy atom. The lowest BCUT2D eigenvalue weighted by molar-refractivity contribution is 0.0364. The molecule has 20 heavy (non-hydrogen) atoms. The summed E-state index contributed by atoms with van der Waals surface area (Å²) >= 11 is 0. The van der Waals surface area contributed by atoms with Crippen LogP contribution in [0.5, 0.6) is 0 Å². The maximum atomic E-state index is 6.18. The Labute approximate surface area is 119 Å². The predicted octanol–water partition coefficient (Wildman–Crippen LogP) is 1.57. The van der Waals surface area contributed by atoms with E-state index in [1.54, 1.807) is 0 Å². The van der Waals surface area contributed by atoms with E-state index in [4.69, 9.17) is 4.74 Å². The third kappa shape index (κ3) is 1.80. The van der Waals surface area contributed by atoms with Crippen molar-refractivity contribution < 1.29 is 4.74 Å². The summed E-state index contributed by atoms with van der Waals surface area (Å²) in [6.45, 7) is 8.34. The van der Waals surface area contributed by atoms with E-state index in [1.807, 2.05) is 12.3 Å². The Balaban J connectivity index is 1.47. The molecule has 2 unspecified atom stereocenters. The molecule has 4 rings (SSSR count). The van der Waals surface area contributed by atoms with E-state index in [0.717, 1.165) is 18.9 Å². The van der Waals surface area contributed by atoms with Gasteiger partial charge in [0.2, 0.25) is 0 Å². The van der Waals surface area contributed by atoms with Crippen molar-refractivity contribution in [2.75, 3.05) is 31.5 Å². The molecule has 1 aromatic heterocycles. The number of aromatic nitrogens is 1. The molecule has 1 spiro atoms. The highest BCUT2D eigenvalue weighted by atomic mass is 16.5. The maximum Gasteiger partial charge on any atom is 0.291 e. The van der Waals surface area contributed by atoms with Crippen molar-refractivity contribution in [1.82, 2.24) is 9.88 Å². The smallest absolute Gasteiger partial charge is 0.291 e. The van der Waals surface area contributed by atoms with Crippen LogP contribution in [0.3, 0.4) is 0 Å². The highest BCUT2D eigenvalue weighted by Crippen LogP contribution is 2.41. The molecule has 0 radical (unpaired) electrons. The van der Waals surface area contributed by atoms with Gasteiger partial charge in [0.25, 0.3) is 6.02 Å². The molecule has 3 atom stereocenters. The molecule has 2 bridgehead atoms. The minimum absolute atomic E-state index is 0.0691. The molecule has 4 heterocycles. The van der Waals surface area contributed by atoms with Crippen LogP contribution < -0.4 is 5.32 Å². The van der Waals surface area contributed by atoms with E-state index in [0.29, 0.717) is 11.9 Å². The second-order valence-corrected chi connectivity index (χ2v) is 6.29. The summed E-state index contributed by atoms with van der Waals surface area (Å²) in [4.78, 5) is 11.4. The summed E-state index contributed by atoms with van der Waals surface area (Å²) in [6.07, 6.45) is 3.12. The van der Waals surface area contributed by atoms with Gasteiger partial charge in [0.1, 0.15) is 11.4 Å². The molecule has 0 amide bonds. The quantitative estimate of drug-likeness (QED) is 0.843. The Bertz CT molecular complexity index is 585. The van der Waals surface area contributed by atoms with Crippen LogP contribution in [0.4, 0.5) is 5.82 Å². The monoisotopic (exact) mass is 272 g/mol. The molecule has 2 fully saturated rings. The lowest BCUT2D eigenvalue weighted by atomic mass is 9.88. The summed E-state index contributed by atoms with van der Waals surface area (Å²) < 4.78 is 6.18. The molecule has 1 N–H and O–H groups in total. The average molecular weight is 272 g/mol. The van der Waals surface area contributed by atoms with Crippen LogP contribution >= 0.6 is 0 Å². The molecule has 5 heteroatoms. The molecule has 0 aliphatic carbocycles. The van der Waals surface area contributed by atoms with Crippen molar-refractivity contribution >= 4 is 11.8 Å². The predicted molar refractivity (Wildman–Crippen MR) is 78.0 cm³/mol. The van der Waals surface area contributed by atoms with Crippen LogP contribution in [-0.2, 0) is 4.74 Å². The number of aliphatic imine (C=N–C) groups is 1. The fraction of sp³-hybridized carbons (Fsp3) is 0.600. The first-order chi connectivity index (χ1) is 9.64. The third-order valence-corrected chi connectivity index (χ3v) is 4.91. The molecule has 0 saturated carbocycles. The summed E-state index contributed by atoms with van der Waals surface area (Å²) in [7, 11) is 0. The van der Waals surface area contributed by atoms with Gasteiger partial charge in [-0.1, -0.05) is 0 Å². The van der Waals surface area contributed by atoms with E-state index in [2.05, 4.69) is 34.0 Å². The normalized spacial score (nSPS) is 34.4. The fourth-order valence-corrected chi connectivity index (χ4v) is 3.54. The van der Waals surface area contributed by atoms with Crippen LogP contribution in [-0.4, -0.2) is 47.7 Å². The Kier molecular flexibility index (Phi) is 2.54. The van der Waals surface area contributed by atoms with Crippen LogP contribution in [0.15, 0.2) is 17.3 Å². The first-order valence-electron chi connectivity index (χ1n) is 7.31. The summed E-state index contributed by atoms with van der Waals surface area (Å²) in [5.74, 6) is 1.45. The molecular weight excluding hydrogens is 252 g/mol. The zero-order chi connectivity index (χ0) is 13.7. The molecule has 0 aromatic carbocycles. The molecule has 3 aliphatic rings. The Morgan fingerprint density at radius 3 is 3.00 bits per heavy atom. The lowest BCUT2D eigenvalue weighted by Crippen LogP contribution is -2.46. The molecule has 1 aromatic rings. The van der Waals surface area contributed by atoms with Gasteiger partial charge in [-0.15, -0.1) is 0 Å². The SMILES string of the molecule is Cc1cnc(NC2=NC[C@@]3(CN4CCC3C4)O2)cc1C. The average Bonchev–Trinajstić information content (AvgIpc) is 3.11. The van der Waals surface area contributed by atoms with Crippen LogP contribution in [0, 0.1) is 19.8 Å². The van der Waals surface area contributed by atoms with Crippen molar-refractivity contribution in [2.24, 2.45) is 10.9 Å². The molecule has 3 aliphatic heterocycles. The molecule has 106 valence electrons. The number of nitrogens with one attached hydrogen (secondary N) is 1. The number of rotatable bonds is 1. The number of hydrogen-bond acceptors (Lipinski definition) is 5. The first kappa shape index (κ1) is 12.1. The van der Waals surface area contributed by atoms with Crippen LogP contribution in [0.25, 0.3) is 0 Å². The van der Waals surface area contributed by atoms with Gasteiger partial charge in [-0.2, -0.15) is 0 Å². The summed E-state index contributed by atoms with van der Waals surface area (Å²) in [5, 5.41) is 3.22. The van der Waals surface area contributed by atoms with E-state index in [1.165, 1.54) is 30.6 Å². The largest absolute Gasteiger partial charge is 0.455 e. The van der Waals surface area contributed by atoms with Crippen molar-refractivity contribution in [3.8, 4) is 0 Å². The highest BCUT2D eigenvalue weighted by Gasteiger charge is 2.54. The van der Waals surface area contributed by atoms with Gasteiger partial charge in [-0.25, -0.2) is 9.98 Å². The number of hydrogen-bond donors (Lipinski definition) is 1. The zero-order valence-electron chi connectivity index (χ0n) is 12.0. The van der Waals surface area contributed by atoms with Gasteiger partial charge in [-0.3, -0.25) is 10.2 Å². The molecule has 5 nitrogen and oxygen atoms in total. The number of aryl methyl sites for hydroxylation is 2. The molecule has 2 saturated heterocycles.